The number of rotatable bonds is 9. The van der Waals surface area contributed by atoms with Crippen LogP contribution in [0.4, 0.5) is 9.59 Å². The molecule has 0 saturated carbocycles. The monoisotopic (exact) mass is 435 g/mol. The minimum Gasteiger partial charge on any atom is -0.445 e. The molecule has 0 bridgehead atoms. The number of nitrogens with one attached hydrogen (secondary N) is 1. The molecule has 1 N–H and O–H groups in total. The number of hydrogen-bond acceptors (Lipinski definition) is 7. The molecule has 172 valence electrons. The summed E-state index contributed by atoms with van der Waals surface area (Å²) < 4.78 is 21.1. The van der Waals surface area contributed by atoms with Crippen molar-refractivity contribution in [3.05, 3.63) is 35.9 Å². The second-order valence-corrected chi connectivity index (χ2v) is 8.30. The highest BCUT2D eigenvalue weighted by Gasteiger charge is 2.35. The molecule has 1 saturated heterocycles. The van der Waals surface area contributed by atoms with Crippen LogP contribution >= 0.6 is 0 Å². The van der Waals surface area contributed by atoms with Gasteiger partial charge in [0.25, 0.3) is 0 Å². The second kappa shape index (κ2) is 11.7. The van der Waals surface area contributed by atoms with Gasteiger partial charge in [0.1, 0.15) is 12.2 Å². The van der Waals surface area contributed by atoms with Gasteiger partial charge in [0.2, 0.25) is 0 Å². The van der Waals surface area contributed by atoms with Gasteiger partial charge in [-0.3, -0.25) is 0 Å². The van der Waals surface area contributed by atoms with Crippen molar-refractivity contribution in [2.24, 2.45) is 11.0 Å². The highest BCUT2D eigenvalue weighted by Crippen LogP contribution is 2.22. The molecule has 1 fully saturated rings. The maximum absolute atomic E-state index is 12.3. The predicted molar refractivity (Wildman–Crippen MR) is 116 cm³/mol. The lowest BCUT2D eigenvalue weighted by Crippen LogP contribution is -2.53. The fourth-order valence-electron chi connectivity index (χ4n) is 3.02. The smallest absolute Gasteiger partial charge is 0.428 e. The van der Waals surface area contributed by atoms with Gasteiger partial charge < -0.3 is 23.8 Å². The molecular weight excluding hydrogens is 402 g/mol. The molecule has 0 atom stereocenters. The molecule has 9 heteroatoms. The van der Waals surface area contributed by atoms with Crippen molar-refractivity contribution in [2.45, 2.75) is 52.1 Å². The Kier molecular flexibility index (Phi) is 9.26. The Bertz CT molecular complexity index is 737. The Morgan fingerprint density at radius 1 is 1.16 bits per heavy atom. The molecular formula is C22H33N3O6. The quantitative estimate of drug-likeness (QED) is 0.362. The molecule has 0 aromatic heterocycles. The number of methoxy groups -OCH3 is 2. The molecule has 0 radical (unpaired) electrons. The molecule has 1 aromatic carbocycles. The fourth-order valence-corrected chi connectivity index (χ4v) is 3.02. The van der Waals surface area contributed by atoms with E-state index in [1.54, 1.807) is 39.9 Å². The van der Waals surface area contributed by atoms with E-state index in [0.717, 1.165) is 11.3 Å². The van der Waals surface area contributed by atoms with Crippen molar-refractivity contribution in [2.75, 3.05) is 27.3 Å². The summed E-state index contributed by atoms with van der Waals surface area (Å²) in [4.78, 5) is 25.9. The highest BCUT2D eigenvalue weighted by atomic mass is 16.7. The third-order valence-corrected chi connectivity index (χ3v) is 4.67. The number of carbonyl (C=O) groups is 2. The van der Waals surface area contributed by atoms with Crippen LogP contribution in [-0.4, -0.2) is 62.0 Å². The van der Waals surface area contributed by atoms with E-state index in [4.69, 9.17) is 18.9 Å². The van der Waals surface area contributed by atoms with Crippen LogP contribution < -0.4 is 5.43 Å². The summed E-state index contributed by atoms with van der Waals surface area (Å²) in [6, 6.07) is 9.52. The second-order valence-electron chi connectivity index (χ2n) is 8.30. The molecule has 1 aliphatic heterocycles. The van der Waals surface area contributed by atoms with Crippen LogP contribution in [0.1, 0.15) is 39.2 Å². The maximum atomic E-state index is 12.3. The van der Waals surface area contributed by atoms with Crippen LogP contribution in [0.5, 0.6) is 0 Å². The summed E-state index contributed by atoms with van der Waals surface area (Å²) in [6.07, 6.45) is -0.264. The zero-order chi connectivity index (χ0) is 22.9. The van der Waals surface area contributed by atoms with Gasteiger partial charge in [-0.2, -0.15) is 5.10 Å². The van der Waals surface area contributed by atoms with Gasteiger partial charge in [-0.05, 0) is 32.8 Å². The normalized spacial score (nSPS) is 14.9. The Labute approximate surface area is 183 Å². The van der Waals surface area contributed by atoms with Gasteiger partial charge in [-0.25, -0.2) is 15.0 Å². The summed E-state index contributed by atoms with van der Waals surface area (Å²) in [7, 11) is 3.13. The Morgan fingerprint density at radius 2 is 1.81 bits per heavy atom. The van der Waals surface area contributed by atoms with Crippen molar-refractivity contribution in [3.63, 3.8) is 0 Å². The Balaban J connectivity index is 1.90. The van der Waals surface area contributed by atoms with E-state index in [1.165, 1.54) is 0 Å². The predicted octanol–water partition coefficient (Wildman–Crippen LogP) is 3.53. The number of benzene rings is 1. The van der Waals surface area contributed by atoms with Crippen LogP contribution in [-0.2, 0) is 25.6 Å². The van der Waals surface area contributed by atoms with E-state index in [9.17, 15) is 9.59 Å². The van der Waals surface area contributed by atoms with Gasteiger partial charge in [-0.15, -0.1) is 0 Å². The zero-order valence-corrected chi connectivity index (χ0v) is 18.9. The van der Waals surface area contributed by atoms with Crippen LogP contribution in [0, 0.1) is 5.92 Å². The fraction of sp³-hybridized carbons (Fsp3) is 0.591. The van der Waals surface area contributed by atoms with Crippen molar-refractivity contribution >= 4 is 17.9 Å². The molecule has 2 rings (SSSR count). The highest BCUT2D eigenvalue weighted by molar-refractivity contribution is 5.90. The molecule has 9 nitrogen and oxygen atoms in total. The lowest BCUT2D eigenvalue weighted by atomic mass is 9.92. The van der Waals surface area contributed by atoms with Crippen LogP contribution in [0.2, 0.25) is 0 Å². The third kappa shape index (κ3) is 8.55. The van der Waals surface area contributed by atoms with E-state index < -0.39 is 11.7 Å². The lowest BCUT2D eigenvalue weighted by Gasteiger charge is -2.39. The first-order valence-electron chi connectivity index (χ1n) is 10.3. The van der Waals surface area contributed by atoms with Crippen molar-refractivity contribution in [1.82, 2.24) is 10.3 Å². The first-order chi connectivity index (χ1) is 14.7. The molecule has 2 amide bonds. The Hall–Kier alpha value is -2.65. The van der Waals surface area contributed by atoms with Gasteiger partial charge in [0, 0.05) is 45.4 Å². The number of amides is 2. The largest absolute Gasteiger partial charge is 0.445 e. The number of ether oxygens (including phenoxy) is 4. The molecule has 0 aliphatic carbocycles. The SMILES string of the molecule is COC(CC/C(=N/NC(=O)OC(C)(C)C)C1CN(C(=O)OCc2ccccc2)C1)OC. The standard InChI is InChI=1S/C22H33N3O6/c1-22(2,3)31-20(26)24-23-18(11-12-19(28-4)29-5)17-13-25(14-17)21(27)30-15-16-9-7-6-8-10-16/h6-10,17,19H,11-15H2,1-5H3,(H,24,26)/b23-18-. The van der Waals surface area contributed by atoms with E-state index >= 15 is 0 Å². The molecule has 0 unspecified atom stereocenters. The number of carbonyl (C=O) groups excluding carboxylic acids is 2. The molecule has 1 aromatic rings. The van der Waals surface area contributed by atoms with Crippen LogP contribution in [0.3, 0.4) is 0 Å². The van der Waals surface area contributed by atoms with E-state index in [2.05, 4.69) is 10.5 Å². The van der Waals surface area contributed by atoms with Gasteiger partial charge in [-0.1, -0.05) is 30.3 Å². The van der Waals surface area contributed by atoms with Crippen LogP contribution in [0.15, 0.2) is 35.4 Å². The number of likely N-dealkylation sites (tertiary alicyclic amines) is 1. The molecule has 0 spiro atoms. The first kappa shape index (κ1) is 24.6. The number of hydrazone groups is 1. The van der Waals surface area contributed by atoms with E-state index in [1.807, 2.05) is 30.3 Å². The van der Waals surface area contributed by atoms with Crippen molar-refractivity contribution < 1.29 is 28.5 Å². The maximum Gasteiger partial charge on any atom is 0.428 e. The van der Waals surface area contributed by atoms with Gasteiger partial charge in [0.15, 0.2) is 6.29 Å². The van der Waals surface area contributed by atoms with E-state index in [-0.39, 0.29) is 24.9 Å². The lowest BCUT2D eigenvalue weighted by molar-refractivity contribution is -0.105. The molecule has 1 heterocycles. The minimum absolute atomic E-state index is 0.00794. The topological polar surface area (TPSA) is 98.7 Å². The van der Waals surface area contributed by atoms with Gasteiger partial charge in [0.05, 0.1) is 0 Å². The minimum atomic E-state index is -0.626. The average Bonchev–Trinajstić information content (AvgIpc) is 2.69. The average molecular weight is 436 g/mol. The third-order valence-electron chi connectivity index (χ3n) is 4.67. The van der Waals surface area contributed by atoms with Gasteiger partial charge >= 0.3 is 12.2 Å². The summed E-state index contributed by atoms with van der Waals surface area (Å²) in [5.74, 6) is 0.00794. The summed E-state index contributed by atoms with van der Waals surface area (Å²) in [5.41, 5.74) is 3.51. The van der Waals surface area contributed by atoms with Crippen molar-refractivity contribution in [1.29, 1.82) is 0 Å². The number of hydrogen-bond donors (Lipinski definition) is 1. The summed E-state index contributed by atoms with van der Waals surface area (Å²) >= 11 is 0. The van der Waals surface area contributed by atoms with Crippen LogP contribution in [0.25, 0.3) is 0 Å². The first-order valence-corrected chi connectivity index (χ1v) is 10.3. The Morgan fingerprint density at radius 3 is 2.39 bits per heavy atom. The number of nitrogens with zero attached hydrogens (tertiary/aromatic N) is 2. The zero-order valence-electron chi connectivity index (χ0n) is 18.9. The molecule has 1 aliphatic rings. The van der Waals surface area contributed by atoms with Crippen molar-refractivity contribution in [3.8, 4) is 0 Å². The van der Waals surface area contributed by atoms with E-state index in [0.29, 0.717) is 25.9 Å². The summed E-state index contributed by atoms with van der Waals surface area (Å²) in [5, 5.41) is 4.26. The summed E-state index contributed by atoms with van der Waals surface area (Å²) in [6.45, 7) is 6.50. The molecule has 31 heavy (non-hydrogen) atoms.